The molecule has 1 aromatic carbocycles. The van der Waals surface area contributed by atoms with Crippen molar-refractivity contribution in [1.29, 1.82) is 0 Å². The van der Waals surface area contributed by atoms with Gasteiger partial charge in [0.05, 0.1) is 0 Å². The maximum atomic E-state index is 4.68. The van der Waals surface area contributed by atoms with Crippen LogP contribution in [-0.4, -0.2) is 19.8 Å². The van der Waals surface area contributed by atoms with Crippen LogP contribution in [-0.2, 0) is 13.1 Å². The van der Waals surface area contributed by atoms with E-state index in [0.29, 0.717) is 5.92 Å². The fraction of sp³-hybridized carbons (Fsp3) is 0.357. The minimum atomic E-state index is 0.323. The molecule has 4 rings (SSSR count). The van der Waals surface area contributed by atoms with Crippen LogP contribution in [0.1, 0.15) is 36.7 Å². The lowest BCUT2D eigenvalue weighted by Crippen LogP contribution is -1.99. The lowest BCUT2D eigenvalue weighted by molar-refractivity contribution is 0.727. The van der Waals surface area contributed by atoms with Gasteiger partial charge in [0.1, 0.15) is 5.01 Å². The molecule has 0 aliphatic carbocycles. The smallest absolute Gasteiger partial charge is 0.234 e. The van der Waals surface area contributed by atoms with Gasteiger partial charge in [-0.05, 0) is 17.2 Å². The van der Waals surface area contributed by atoms with E-state index in [0.717, 1.165) is 34.4 Å². The van der Waals surface area contributed by atoms with E-state index in [2.05, 4.69) is 52.7 Å². The Morgan fingerprint density at radius 1 is 1.20 bits per heavy atom. The summed E-state index contributed by atoms with van der Waals surface area (Å²) >= 11 is 1.59. The Morgan fingerprint density at radius 2 is 2.05 bits per heavy atom. The first-order valence-electron chi connectivity index (χ1n) is 6.77. The Bertz CT molecular complexity index is 786. The molecule has 0 unspecified atom stereocenters. The maximum absolute atomic E-state index is 4.68. The SMILES string of the molecule is CC(C)c1nnc2sc(-c3ccc4c(c3)CNC4)nn12. The summed E-state index contributed by atoms with van der Waals surface area (Å²) < 4.78 is 1.87. The van der Waals surface area contributed by atoms with Crippen LogP contribution in [0.3, 0.4) is 0 Å². The molecule has 0 saturated carbocycles. The minimum Gasteiger partial charge on any atom is -0.309 e. The predicted octanol–water partition coefficient (Wildman–Crippen LogP) is 2.58. The molecule has 20 heavy (non-hydrogen) atoms. The van der Waals surface area contributed by atoms with Crippen molar-refractivity contribution in [3.8, 4) is 10.6 Å². The third kappa shape index (κ3) is 1.76. The summed E-state index contributed by atoms with van der Waals surface area (Å²) in [5, 5.41) is 17.5. The van der Waals surface area contributed by atoms with E-state index in [9.17, 15) is 0 Å². The molecule has 2 aromatic heterocycles. The molecule has 3 heterocycles. The van der Waals surface area contributed by atoms with Crippen molar-refractivity contribution in [3.63, 3.8) is 0 Å². The lowest BCUT2D eigenvalue weighted by atomic mass is 10.1. The third-order valence-electron chi connectivity index (χ3n) is 3.62. The van der Waals surface area contributed by atoms with Gasteiger partial charge in [0.2, 0.25) is 4.96 Å². The van der Waals surface area contributed by atoms with E-state index in [1.165, 1.54) is 11.1 Å². The first kappa shape index (κ1) is 12.0. The number of fused-ring (bicyclic) bond motifs is 2. The van der Waals surface area contributed by atoms with Crippen LogP contribution in [0.25, 0.3) is 15.5 Å². The number of nitrogens with one attached hydrogen (secondary N) is 1. The summed E-state index contributed by atoms with van der Waals surface area (Å²) in [6.07, 6.45) is 0. The number of hydrogen-bond donors (Lipinski definition) is 1. The predicted molar refractivity (Wildman–Crippen MR) is 78.7 cm³/mol. The molecule has 0 radical (unpaired) electrons. The van der Waals surface area contributed by atoms with Gasteiger partial charge in [0, 0.05) is 24.6 Å². The number of hydrogen-bond acceptors (Lipinski definition) is 5. The van der Waals surface area contributed by atoms with Gasteiger partial charge in [0.25, 0.3) is 0 Å². The number of rotatable bonds is 2. The van der Waals surface area contributed by atoms with Crippen LogP contribution in [0.15, 0.2) is 18.2 Å². The molecule has 5 nitrogen and oxygen atoms in total. The second kappa shape index (κ2) is 4.36. The summed E-state index contributed by atoms with van der Waals surface area (Å²) in [7, 11) is 0. The average molecular weight is 285 g/mol. The van der Waals surface area contributed by atoms with Crippen molar-refractivity contribution in [3.05, 3.63) is 35.2 Å². The van der Waals surface area contributed by atoms with Crippen molar-refractivity contribution in [2.45, 2.75) is 32.9 Å². The molecular weight excluding hydrogens is 270 g/mol. The van der Waals surface area contributed by atoms with Crippen molar-refractivity contribution in [1.82, 2.24) is 25.1 Å². The molecule has 6 heteroatoms. The first-order valence-corrected chi connectivity index (χ1v) is 7.59. The van der Waals surface area contributed by atoms with Gasteiger partial charge < -0.3 is 5.32 Å². The summed E-state index contributed by atoms with van der Waals surface area (Å²) in [5.41, 5.74) is 3.93. The van der Waals surface area contributed by atoms with Crippen molar-refractivity contribution < 1.29 is 0 Å². The number of aromatic nitrogens is 4. The summed E-state index contributed by atoms with van der Waals surface area (Å²) in [5.74, 6) is 1.24. The largest absolute Gasteiger partial charge is 0.309 e. The van der Waals surface area contributed by atoms with Gasteiger partial charge in [-0.1, -0.05) is 37.3 Å². The minimum absolute atomic E-state index is 0.323. The average Bonchev–Trinajstić information content (AvgIpc) is 3.11. The van der Waals surface area contributed by atoms with Gasteiger partial charge in [0.15, 0.2) is 5.82 Å². The van der Waals surface area contributed by atoms with Crippen LogP contribution in [0, 0.1) is 0 Å². The first-order chi connectivity index (χ1) is 9.72. The van der Waals surface area contributed by atoms with Crippen molar-refractivity contribution >= 4 is 16.3 Å². The molecule has 0 saturated heterocycles. The van der Waals surface area contributed by atoms with Crippen LogP contribution < -0.4 is 5.32 Å². The summed E-state index contributed by atoms with van der Waals surface area (Å²) in [6.45, 7) is 6.13. The quantitative estimate of drug-likeness (QED) is 0.786. The Hall–Kier alpha value is -1.79. The summed E-state index contributed by atoms with van der Waals surface area (Å²) in [6, 6.07) is 6.57. The van der Waals surface area contributed by atoms with E-state index in [1.54, 1.807) is 11.3 Å². The molecule has 1 N–H and O–H groups in total. The third-order valence-corrected chi connectivity index (χ3v) is 4.56. The lowest BCUT2D eigenvalue weighted by Gasteiger charge is -2.01. The van der Waals surface area contributed by atoms with Gasteiger partial charge in [-0.15, -0.1) is 10.2 Å². The number of benzene rings is 1. The standard InChI is InChI=1S/C14H15N5S/c1-8(2)12-16-17-14-19(12)18-13(20-14)9-3-4-10-6-15-7-11(10)5-9/h3-5,8,15H,6-7H2,1-2H3. The van der Waals surface area contributed by atoms with E-state index in [4.69, 9.17) is 0 Å². The Labute approximate surface area is 120 Å². The zero-order chi connectivity index (χ0) is 13.7. The molecule has 0 spiro atoms. The highest BCUT2D eigenvalue weighted by molar-refractivity contribution is 7.19. The van der Waals surface area contributed by atoms with E-state index in [-0.39, 0.29) is 0 Å². The van der Waals surface area contributed by atoms with Gasteiger partial charge >= 0.3 is 0 Å². The van der Waals surface area contributed by atoms with Crippen molar-refractivity contribution in [2.75, 3.05) is 0 Å². The molecule has 3 aromatic rings. The van der Waals surface area contributed by atoms with Crippen molar-refractivity contribution in [2.24, 2.45) is 0 Å². The highest BCUT2D eigenvalue weighted by Gasteiger charge is 2.16. The highest BCUT2D eigenvalue weighted by Crippen LogP contribution is 2.29. The molecule has 0 fully saturated rings. The topological polar surface area (TPSA) is 55.1 Å². The second-order valence-electron chi connectivity index (χ2n) is 5.40. The molecule has 0 bridgehead atoms. The van der Waals surface area contributed by atoms with Crippen LogP contribution in [0.5, 0.6) is 0 Å². The number of nitrogens with zero attached hydrogens (tertiary/aromatic N) is 4. The van der Waals surface area contributed by atoms with E-state index >= 15 is 0 Å². The highest BCUT2D eigenvalue weighted by atomic mass is 32.1. The second-order valence-corrected chi connectivity index (χ2v) is 6.36. The summed E-state index contributed by atoms with van der Waals surface area (Å²) in [4.78, 5) is 0.863. The van der Waals surface area contributed by atoms with Gasteiger partial charge in [-0.2, -0.15) is 9.61 Å². The van der Waals surface area contributed by atoms with Crippen LogP contribution in [0.2, 0.25) is 0 Å². The van der Waals surface area contributed by atoms with Crippen LogP contribution in [0.4, 0.5) is 0 Å². The maximum Gasteiger partial charge on any atom is 0.234 e. The Balaban J connectivity index is 1.82. The molecular formula is C14H15N5S. The normalized spacial score (nSPS) is 14.3. The van der Waals surface area contributed by atoms with E-state index < -0.39 is 0 Å². The monoisotopic (exact) mass is 285 g/mol. The molecule has 0 atom stereocenters. The molecule has 1 aliphatic heterocycles. The van der Waals surface area contributed by atoms with Gasteiger partial charge in [-0.25, -0.2) is 0 Å². The Morgan fingerprint density at radius 3 is 2.90 bits per heavy atom. The fourth-order valence-electron chi connectivity index (χ4n) is 2.54. The van der Waals surface area contributed by atoms with Crippen LogP contribution >= 0.6 is 11.3 Å². The van der Waals surface area contributed by atoms with E-state index in [1.807, 2.05) is 4.52 Å². The molecule has 0 amide bonds. The zero-order valence-corrected chi connectivity index (χ0v) is 12.2. The zero-order valence-electron chi connectivity index (χ0n) is 11.4. The Kier molecular flexibility index (Phi) is 2.61. The molecule has 102 valence electrons. The molecule has 1 aliphatic rings. The van der Waals surface area contributed by atoms with Gasteiger partial charge in [-0.3, -0.25) is 0 Å². The fourth-order valence-corrected chi connectivity index (χ4v) is 3.38.